The van der Waals surface area contributed by atoms with Crippen LogP contribution in [0, 0.1) is 0 Å². The highest BCUT2D eigenvalue weighted by atomic mass is 16.7. The molecule has 2 saturated heterocycles. The molecule has 5 atom stereocenters. The van der Waals surface area contributed by atoms with Gasteiger partial charge in [0.05, 0.1) is 32.0 Å². The summed E-state index contributed by atoms with van der Waals surface area (Å²) in [7, 11) is 0. The third-order valence-corrected chi connectivity index (χ3v) is 5.85. The molecule has 37 heavy (non-hydrogen) atoms. The summed E-state index contributed by atoms with van der Waals surface area (Å²) in [6.45, 7) is 4.85. The SMILES string of the molecule is O=COCc1ccc(O[C@@H]2O[C@H](C(=O)O)[C@@H](O)[C@H](O)[C@H]2O)c(C(=O)NCCOCCN2CCOCC2)c1. The van der Waals surface area contributed by atoms with Crippen LogP contribution in [0.5, 0.6) is 5.75 Å². The second-order valence-corrected chi connectivity index (χ2v) is 8.41. The van der Waals surface area contributed by atoms with Gasteiger partial charge < -0.3 is 49.4 Å². The number of nitrogens with zero attached hydrogens (tertiary/aromatic N) is 1. The van der Waals surface area contributed by atoms with Crippen LogP contribution in [0.1, 0.15) is 15.9 Å². The molecular formula is C23H32N2O12. The fraction of sp³-hybridized carbons (Fsp3) is 0.609. The van der Waals surface area contributed by atoms with Gasteiger partial charge in [-0.2, -0.15) is 0 Å². The molecule has 0 bridgehead atoms. The largest absolute Gasteiger partial charge is 0.479 e. The molecule has 2 aliphatic rings. The number of morpholine rings is 1. The Kier molecular flexibility index (Phi) is 11.0. The van der Waals surface area contributed by atoms with E-state index in [-0.39, 0.29) is 37.5 Å². The van der Waals surface area contributed by atoms with Gasteiger partial charge in [0.15, 0.2) is 6.10 Å². The number of carboxylic acids is 1. The number of hydrogen-bond donors (Lipinski definition) is 5. The van der Waals surface area contributed by atoms with Gasteiger partial charge in [0.25, 0.3) is 12.4 Å². The number of amides is 1. The maximum absolute atomic E-state index is 12.9. The molecule has 5 N–H and O–H groups in total. The first-order valence-corrected chi connectivity index (χ1v) is 11.7. The highest BCUT2D eigenvalue weighted by molar-refractivity contribution is 5.97. The zero-order valence-corrected chi connectivity index (χ0v) is 20.1. The molecular weight excluding hydrogens is 496 g/mol. The van der Waals surface area contributed by atoms with E-state index >= 15 is 0 Å². The minimum atomic E-state index is -1.89. The van der Waals surface area contributed by atoms with Crippen molar-refractivity contribution in [2.75, 3.05) is 52.6 Å². The molecule has 0 aliphatic carbocycles. The van der Waals surface area contributed by atoms with Crippen molar-refractivity contribution in [3.8, 4) is 5.75 Å². The number of carbonyl (C=O) groups is 3. The minimum absolute atomic E-state index is 0.0244. The van der Waals surface area contributed by atoms with Gasteiger partial charge in [0.1, 0.15) is 30.7 Å². The lowest BCUT2D eigenvalue weighted by Gasteiger charge is -2.38. The summed E-state index contributed by atoms with van der Waals surface area (Å²) in [5, 5.41) is 42.0. The Morgan fingerprint density at radius 1 is 1.11 bits per heavy atom. The Morgan fingerprint density at radius 2 is 1.86 bits per heavy atom. The Balaban J connectivity index is 1.62. The van der Waals surface area contributed by atoms with Gasteiger partial charge in [-0.05, 0) is 17.7 Å². The van der Waals surface area contributed by atoms with Crippen molar-refractivity contribution in [2.24, 2.45) is 0 Å². The lowest BCUT2D eigenvalue weighted by atomic mass is 9.99. The van der Waals surface area contributed by atoms with Crippen LogP contribution in [0.25, 0.3) is 0 Å². The summed E-state index contributed by atoms with van der Waals surface area (Å²) in [6.07, 6.45) is -9.13. The second-order valence-electron chi connectivity index (χ2n) is 8.41. The molecule has 2 heterocycles. The molecule has 1 aromatic carbocycles. The van der Waals surface area contributed by atoms with Crippen molar-refractivity contribution in [1.82, 2.24) is 10.2 Å². The quantitative estimate of drug-likeness (QED) is 0.136. The molecule has 1 amide bonds. The van der Waals surface area contributed by atoms with Gasteiger partial charge in [-0.1, -0.05) is 6.07 Å². The average Bonchev–Trinajstić information content (AvgIpc) is 2.90. The van der Waals surface area contributed by atoms with E-state index in [0.717, 1.165) is 19.6 Å². The Labute approximate surface area is 212 Å². The van der Waals surface area contributed by atoms with Gasteiger partial charge in [-0.15, -0.1) is 0 Å². The highest BCUT2D eigenvalue weighted by Gasteiger charge is 2.48. The number of benzene rings is 1. The molecule has 14 heteroatoms. The zero-order chi connectivity index (χ0) is 26.8. The summed E-state index contributed by atoms with van der Waals surface area (Å²) < 4.78 is 26.3. The van der Waals surface area contributed by atoms with Crippen LogP contribution < -0.4 is 10.1 Å². The molecule has 0 spiro atoms. The molecule has 206 valence electrons. The van der Waals surface area contributed by atoms with Gasteiger partial charge in [-0.3, -0.25) is 14.5 Å². The third-order valence-electron chi connectivity index (χ3n) is 5.85. The van der Waals surface area contributed by atoms with E-state index in [1.807, 2.05) is 0 Å². The normalized spacial score (nSPS) is 26.3. The first-order valence-electron chi connectivity index (χ1n) is 11.7. The van der Waals surface area contributed by atoms with E-state index in [0.29, 0.717) is 25.4 Å². The van der Waals surface area contributed by atoms with E-state index in [2.05, 4.69) is 10.2 Å². The van der Waals surface area contributed by atoms with Crippen LogP contribution in [0.3, 0.4) is 0 Å². The molecule has 1 aromatic rings. The standard InChI is InChI=1S/C23H32N2O12/c26-13-35-12-14-1-2-16(36-23-19(29)17(27)18(28)20(37-23)22(31)32)15(11-14)21(30)24-3-7-33-8-4-25-5-9-34-10-6-25/h1-2,11,13,17-20,23,27-29H,3-10,12H2,(H,24,30)(H,31,32)/t17-,18-,19+,20-,23+/m0/s1. The molecule has 0 aromatic heterocycles. The summed E-state index contributed by atoms with van der Waals surface area (Å²) in [5.41, 5.74) is 0.430. The van der Waals surface area contributed by atoms with Crippen LogP contribution in [0.4, 0.5) is 0 Å². The topological polar surface area (TPSA) is 194 Å². The van der Waals surface area contributed by atoms with Gasteiger partial charge >= 0.3 is 5.97 Å². The van der Waals surface area contributed by atoms with E-state index in [9.17, 15) is 34.8 Å². The number of hydrogen-bond acceptors (Lipinski definition) is 12. The first-order chi connectivity index (χ1) is 17.8. The molecule has 14 nitrogen and oxygen atoms in total. The molecule has 2 fully saturated rings. The fourth-order valence-corrected chi connectivity index (χ4v) is 3.80. The van der Waals surface area contributed by atoms with Crippen molar-refractivity contribution in [3.63, 3.8) is 0 Å². The molecule has 0 unspecified atom stereocenters. The Bertz CT molecular complexity index is 910. The van der Waals surface area contributed by atoms with Crippen molar-refractivity contribution < 1.29 is 58.5 Å². The van der Waals surface area contributed by atoms with Crippen molar-refractivity contribution in [2.45, 2.75) is 37.3 Å². The molecule has 3 rings (SSSR count). The number of aliphatic carboxylic acids is 1. The summed E-state index contributed by atoms with van der Waals surface area (Å²) in [4.78, 5) is 37.0. The van der Waals surface area contributed by atoms with Crippen LogP contribution in [-0.4, -0.2) is 127 Å². The minimum Gasteiger partial charge on any atom is -0.479 e. The lowest BCUT2D eigenvalue weighted by molar-refractivity contribution is -0.271. The van der Waals surface area contributed by atoms with E-state index in [1.165, 1.54) is 18.2 Å². The zero-order valence-electron chi connectivity index (χ0n) is 20.1. The van der Waals surface area contributed by atoms with Crippen molar-refractivity contribution in [1.29, 1.82) is 0 Å². The van der Waals surface area contributed by atoms with Crippen molar-refractivity contribution in [3.05, 3.63) is 29.3 Å². The molecule has 0 radical (unpaired) electrons. The van der Waals surface area contributed by atoms with Crippen LogP contribution in [0.2, 0.25) is 0 Å². The van der Waals surface area contributed by atoms with Gasteiger partial charge in [0, 0.05) is 26.2 Å². The number of ether oxygens (including phenoxy) is 5. The van der Waals surface area contributed by atoms with Gasteiger partial charge in [-0.25, -0.2) is 4.79 Å². The van der Waals surface area contributed by atoms with E-state index < -0.39 is 42.6 Å². The van der Waals surface area contributed by atoms with E-state index in [1.54, 1.807) is 0 Å². The Hall–Kier alpha value is -2.85. The number of nitrogens with one attached hydrogen (secondary N) is 1. The number of rotatable bonds is 13. The summed E-state index contributed by atoms with van der Waals surface area (Å²) >= 11 is 0. The predicted molar refractivity (Wildman–Crippen MR) is 123 cm³/mol. The number of aliphatic hydroxyl groups is 3. The molecule has 0 saturated carbocycles. The number of aliphatic hydroxyl groups excluding tert-OH is 3. The average molecular weight is 529 g/mol. The van der Waals surface area contributed by atoms with Crippen LogP contribution in [0.15, 0.2) is 18.2 Å². The summed E-state index contributed by atoms with van der Waals surface area (Å²) in [5.74, 6) is -2.25. The maximum Gasteiger partial charge on any atom is 0.335 e. The Morgan fingerprint density at radius 3 is 2.57 bits per heavy atom. The van der Waals surface area contributed by atoms with Crippen LogP contribution >= 0.6 is 0 Å². The second kappa shape index (κ2) is 14.2. The first kappa shape index (κ1) is 28.7. The van der Waals surface area contributed by atoms with Crippen molar-refractivity contribution >= 4 is 18.3 Å². The lowest BCUT2D eigenvalue weighted by Crippen LogP contribution is -2.61. The maximum atomic E-state index is 12.9. The van der Waals surface area contributed by atoms with Crippen LogP contribution in [-0.2, 0) is 35.1 Å². The fourth-order valence-electron chi connectivity index (χ4n) is 3.80. The smallest absolute Gasteiger partial charge is 0.335 e. The monoisotopic (exact) mass is 528 g/mol. The highest BCUT2D eigenvalue weighted by Crippen LogP contribution is 2.28. The number of carbonyl (C=O) groups excluding carboxylic acids is 2. The van der Waals surface area contributed by atoms with Gasteiger partial charge in [0.2, 0.25) is 6.29 Å². The molecule has 2 aliphatic heterocycles. The summed E-state index contributed by atoms with van der Waals surface area (Å²) in [6, 6.07) is 4.22. The van der Waals surface area contributed by atoms with E-state index in [4.69, 9.17) is 23.7 Å². The number of carboxylic acid groups (broad SMARTS) is 1. The third kappa shape index (κ3) is 8.07. The predicted octanol–water partition coefficient (Wildman–Crippen LogP) is -2.29.